The zero-order valence-corrected chi connectivity index (χ0v) is 11.1. The number of nitrogens with one attached hydrogen (secondary N) is 3. The third kappa shape index (κ3) is 9.24. The summed E-state index contributed by atoms with van der Waals surface area (Å²) < 4.78 is 0. The number of aliphatic imine (C=N–C) groups is 1. The Bertz CT molecular complexity index is 309. The number of amides is 1. The lowest BCUT2D eigenvalue weighted by Gasteiger charge is -2.19. The van der Waals surface area contributed by atoms with Crippen molar-refractivity contribution in [1.82, 2.24) is 16.0 Å². The summed E-state index contributed by atoms with van der Waals surface area (Å²) >= 11 is 0. The number of nitrogens with zero attached hydrogens (tertiary/aromatic N) is 1. The molecule has 0 fully saturated rings. The van der Waals surface area contributed by atoms with Crippen molar-refractivity contribution in [2.45, 2.75) is 33.2 Å². The highest BCUT2D eigenvalue weighted by atomic mass is 16.2. The molecular weight excluding hydrogens is 216 g/mol. The average molecular weight is 238 g/mol. The fraction of sp³-hybridized carbons (Fsp3) is 0.667. The van der Waals surface area contributed by atoms with Gasteiger partial charge in [-0.15, -0.1) is 6.42 Å². The Labute approximate surface area is 103 Å². The van der Waals surface area contributed by atoms with Crippen LogP contribution in [-0.4, -0.2) is 37.0 Å². The van der Waals surface area contributed by atoms with E-state index in [0.717, 1.165) is 6.54 Å². The van der Waals surface area contributed by atoms with Gasteiger partial charge in [0, 0.05) is 12.1 Å². The normalized spacial score (nSPS) is 11.6. The number of hydrogen-bond donors (Lipinski definition) is 3. The molecule has 96 valence electrons. The van der Waals surface area contributed by atoms with Gasteiger partial charge in [0.15, 0.2) is 5.96 Å². The number of hydrogen-bond acceptors (Lipinski definition) is 2. The fourth-order valence-electron chi connectivity index (χ4n) is 1.09. The first-order chi connectivity index (χ1) is 7.89. The second-order valence-corrected chi connectivity index (χ2v) is 4.55. The molecule has 17 heavy (non-hydrogen) atoms. The highest BCUT2D eigenvalue weighted by Crippen LogP contribution is 1.97. The van der Waals surface area contributed by atoms with Crippen LogP contribution in [0.4, 0.5) is 0 Å². The summed E-state index contributed by atoms with van der Waals surface area (Å²) in [5, 5.41) is 8.74. The van der Waals surface area contributed by atoms with E-state index in [-0.39, 0.29) is 18.0 Å². The molecule has 5 heteroatoms. The van der Waals surface area contributed by atoms with Crippen LogP contribution < -0.4 is 16.0 Å². The molecule has 3 N–H and O–H groups in total. The lowest BCUT2D eigenvalue weighted by atomic mass is 10.1. The highest BCUT2D eigenvalue weighted by molar-refractivity contribution is 5.85. The third-order valence-corrected chi connectivity index (χ3v) is 1.60. The number of rotatable bonds is 4. The molecule has 0 aliphatic carbocycles. The zero-order chi connectivity index (χ0) is 13.3. The zero-order valence-electron chi connectivity index (χ0n) is 11.1. The van der Waals surface area contributed by atoms with Gasteiger partial charge >= 0.3 is 0 Å². The summed E-state index contributed by atoms with van der Waals surface area (Å²) in [7, 11) is 0. The Morgan fingerprint density at radius 3 is 2.47 bits per heavy atom. The molecule has 0 aromatic carbocycles. The van der Waals surface area contributed by atoms with Crippen LogP contribution in [0.25, 0.3) is 0 Å². The predicted molar refractivity (Wildman–Crippen MR) is 70.7 cm³/mol. The molecule has 0 heterocycles. The number of terminal acetylenes is 1. The van der Waals surface area contributed by atoms with E-state index in [0.29, 0.717) is 12.5 Å². The Morgan fingerprint density at radius 1 is 1.35 bits per heavy atom. The Kier molecular flexibility index (Phi) is 6.80. The summed E-state index contributed by atoms with van der Waals surface area (Å²) in [6, 6.07) is 0. The first-order valence-corrected chi connectivity index (χ1v) is 5.65. The first-order valence-electron chi connectivity index (χ1n) is 5.65. The quantitative estimate of drug-likeness (QED) is 0.369. The van der Waals surface area contributed by atoms with E-state index < -0.39 is 0 Å². The Hall–Kier alpha value is -1.70. The van der Waals surface area contributed by atoms with Gasteiger partial charge in [0.2, 0.25) is 5.91 Å². The van der Waals surface area contributed by atoms with Gasteiger partial charge in [-0.25, -0.2) is 4.99 Å². The summed E-state index contributed by atoms with van der Waals surface area (Å²) in [4.78, 5) is 15.6. The lowest BCUT2D eigenvalue weighted by molar-refractivity contribution is -0.121. The van der Waals surface area contributed by atoms with Crippen molar-refractivity contribution in [1.29, 1.82) is 0 Å². The van der Waals surface area contributed by atoms with E-state index >= 15 is 0 Å². The maximum Gasteiger partial charge on any atom is 0.242 e. The summed E-state index contributed by atoms with van der Waals surface area (Å²) in [5.41, 5.74) is -0.239. The van der Waals surface area contributed by atoms with Crippen molar-refractivity contribution < 1.29 is 4.79 Å². The largest absolute Gasteiger partial charge is 0.357 e. The molecule has 0 saturated carbocycles. The van der Waals surface area contributed by atoms with Gasteiger partial charge < -0.3 is 16.0 Å². The van der Waals surface area contributed by atoms with Crippen molar-refractivity contribution in [2.75, 3.05) is 19.6 Å². The lowest BCUT2D eigenvalue weighted by Crippen LogP contribution is -2.43. The minimum atomic E-state index is -0.239. The van der Waals surface area contributed by atoms with Crippen molar-refractivity contribution in [3.63, 3.8) is 0 Å². The van der Waals surface area contributed by atoms with Crippen molar-refractivity contribution >= 4 is 11.9 Å². The second kappa shape index (κ2) is 7.55. The maximum absolute atomic E-state index is 11.5. The fourth-order valence-corrected chi connectivity index (χ4v) is 1.09. The molecule has 0 spiro atoms. The molecule has 0 aromatic rings. The number of guanidine groups is 1. The van der Waals surface area contributed by atoms with E-state index in [1.165, 1.54) is 0 Å². The molecule has 0 aliphatic rings. The van der Waals surface area contributed by atoms with E-state index in [4.69, 9.17) is 6.42 Å². The molecule has 0 saturated heterocycles. The van der Waals surface area contributed by atoms with Crippen LogP contribution in [0.2, 0.25) is 0 Å². The van der Waals surface area contributed by atoms with Crippen LogP contribution in [0.1, 0.15) is 27.7 Å². The van der Waals surface area contributed by atoms with Crippen molar-refractivity contribution in [3.05, 3.63) is 0 Å². The van der Waals surface area contributed by atoms with E-state index in [2.05, 4.69) is 26.9 Å². The van der Waals surface area contributed by atoms with Gasteiger partial charge in [0.1, 0.15) is 6.54 Å². The van der Waals surface area contributed by atoms with Crippen LogP contribution in [-0.2, 0) is 4.79 Å². The molecule has 0 atom stereocenters. The molecule has 1 amide bonds. The standard InChI is InChI=1S/C12H22N4O/c1-6-8-14-11(13-7-2)15-9-10(17)16-12(3,4)5/h1H,7-9H2,2-5H3,(H,16,17)(H2,13,14,15). The van der Waals surface area contributed by atoms with E-state index in [9.17, 15) is 4.79 Å². The molecule has 0 rings (SSSR count). The van der Waals surface area contributed by atoms with Crippen LogP contribution in [0, 0.1) is 12.3 Å². The summed E-state index contributed by atoms with van der Waals surface area (Å²) in [6.45, 7) is 8.91. The van der Waals surface area contributed by atoms with Crippen LogP contribution >= 0.6 is 0 Å². The number of carbonyl (C=O) groups excluding carboxylic acids is 1. The average Bonchev–Trinajstić information content (AvgIpc) is 2.19. The molecule has 0 aliphatic heterocycles. The smallest absolute Gasteiger partial charge is 0.242 e. The van der Waals surface area contributed by atoms with Gasteiger partial charge in [0.05, 0.1) is 6.54 Å². The van der Waals surface area contributed by atoms with Crippen LogP contribution in [0.15, 0.2) is 4.99 Å². The molecule has 0 aromatic heterocycles. The van der Waals surface area contributed by atoms with Gasteiger partial charge in [-0.2, -0.15) is 0 Å². The molecular formula is C12H22N4O. The molecule has 5 nitrogen and oxygen atoms in total. The molecule has 0 unspecified atom stereocenters. The Morgan fingerprint density at radius 2 is 2.00 bits per heavy atom. The number of carbonyl (C=O) groups is 1. The van der Waals surface area contributed by atoms with Gasteiger partial charge in [0.25, 0.3) is 0 Å². The van der Waals surface area contributed by atoms with Gasteiger partial charge in [-0.1, -0.05) is 5.92 Å². The molecule has 0 bridgehead atoms. The van der Waals surface area contributed by atoms with E-state index in [1.807, 2.05) is 27.7 Å². The first kappa shape index (κ1) is 15.3. The summed E-state index contributed by atoms with van der Waals surface area (Å²) in [5.74, 6) is 2.89. The third-order valence-electron chi connectivity index (χ3n) is 1.60. The van der Waals surface area contributed by atoms with Gasteiger partial charge in [-0.05, 0) is 27.7 Å². The summed E-state index contributed by atoms with van der Waals surface area (Å²) in [6.07, 6.45) is 5.14. The Balaban J connectivity index is 4.23. The predicted octanol–water partition coefficient (Wildman–Crippen LogP) is 0.0894. The minimum Gasteiger partial charge on any atom is -0.357 e. The van der Waals surface area contributed by atoms with Crippen LogP contribution in [0.5, 0.6) is 0 Å². The van der Waals surface area contributed by atoms with Crippen molar-refractivity contribution in [3.8, 4) is 12.3 Å². The SMILES string of the molecule is C#CCNC(=NCC(=O)NC(C)(C)C)NCC. The maximum atomic E-state index is 11.5. The van der Waals surface area contributed by atoms with Crippen LogP contribution in [0.3, 0.4) is 0 Å². The van der Waals surface area contributed by atoms with Gasteiger partial charge in [-0.3, -0.25) is 4.79 Å². The minimum absolute atomic E-state index is 0.0805. The second-order valence-electron chi connectivity index (χ2n) is 4.55. The topological polar surface area (TPSA) is 65.5 Å². The van der Waals surface area contributed by atoms with Crippen molar-refractivity contribution in [2.24, 2.45) is 4.99 Å². The monoisotopic (exact) mass is 238 g/mol. The highest BCUT2D eigenvalue weighted by Gasteiger charge is 2.12. The molecule has 0 radical (unpaired) electrons. The van der Waals surface area contributed by atoms with E-state index in [1.54, 1.807) is 0 Å².